The van der Waals surface area contributed by atoms with Crippen LogP contribution >= 0.6 is 0 Å². The molecule has 5 aromatic rings. The molecule has 8 unspecified atom stereocenters. The predicted octanol–water partition coefficient (Wildman–Crippen LogP) is 34.6. The Hall–Kier alpha value is -5.34. The van der Waals surface area contributed by atoms with Crippen molar-refractivity contribution in [2.45, 2.75) is 387 Å². The van der Waals surface area contributed by atoms with Crippen LogP contribution in [0.2, 0.25) is 0 Å². The maximum atomic E-state index is 12.6. The van der Waals surface area contributed by atoms with Crippen LogP contribution in [0.15, 0.2) is 120 Å². The molecule has 0 aromatic heterocycles. The first-order chi connectivity index (χ1) is 59.3. The molecule has 7 fully saturated rings. The van der Waals surface area contributed by atoms with Crippen molar-refractivity contribution in [3.8, 4) is 0 Å². The lowest BCUT2D eigenvalue weighted by molar-refractivity contribution is -0.187. The standard InChI is InChI=1S/2C8H8F2.2C8H9F.3C8H16.3C8H14.C8H10.2C7H14O.2C6H12O2/c2*1-5-3-7(9)6(2)8(10)4-5;2*1-6-3-4-7(2)8(9)5-6;7*1-7-3-5-8(2)6-4-7;2*1-6-3-4-7(2)8-5-6;2*1-5-3-7-6(2)8-4-5/h2*3-4H,1-2H3;2*3-5H,1-2H3;3*7-8H,3-6H2,1-2H3;2*3,8H,4-6H2,1-2H3;3,5,7-8H,4,6H2,1-2H3;3-6H,1-2H3;2*6-7H,3-5H2,1-2H3;2*5-6H,3-4H2,1-2H3. The number of benzene rings is 5. The third-order valence-corrected chi connectivity index (χ3v) is 25.2. The van der Waals surface area contributed by atoms with Gasteiger partial charge in [-0.3, -0.25) is 0 Å². The molecule has 10 aliphatic rings. The molecule has 5 aromatic carbocycles. The molecule has 4 saturated heterocycles. The lowest BCUT2D eigenvalue weighted by Crippen LogP contribution is -2.27. The second kappa shape index (κ2) is 68.7. The van der Waals surface area contributed by atoms with Gasteiger partial charge >= 0.3 is 0 Å². The van der Waals surface area contributed by atoms with Gasteiger partial charge in [0, 0.05) is 36.2 Å². The highest BCUT2D eigenvalue weighted by molar-refractivity contribution is 5.26. The summed E-state index contributed by atoms with van der Waals surface area (Å²) in [4.78, 5) is 0. The van der Waals surface area contributed by atoms with Gasteiger partial charge in [0.1, 0.15) is 34.9 Å². The summed E-state index contributed by atoms with van der Waals surface area (Å²) < 4.78 is 107. The Morgan fingerprint density at radius 2 is 0.452 bits per heavy atom. The lowest BCUT2D eigenvalue weighted by atomic mass is 9.84. The van der Waals surface area contributed by atoms with Gasteiger partial charge in [0.05, 0.1) is 38.6 Å². The molecule has 6 aliphatic carbocycles. The van der Waals surface area contributed by atoms with E-state index in [4.69, 9.17) is 28.4 Å². The van der Waals surface area contributed by atoms with Crippen molar-refractivity contribution in [3.63, 3.8) is 0 Å². The molecule has 15 rings (SSSR count). The minimum absolute atomic E-state index is 0.0196. The van der Waals surface area contributed by atoms with Crippen LogP contribution in [0.4, 0.5) is 26.3 Å². The zero-order chi connectivity index (χ0) is 95.0. The van der Waals surface area contributed by atoms with Gasteiger partial charge in [0.2, 0.25) is 0 Å². The Morgan fingerprint density at radius 3 is 0.635 bits per heavy atom. The lowest BCUT2D eigenvalue weighted by Gasteiger charge is -2.24. The average molecular weight is 1770 g/mol. The molecule has 126 heavy (non-hydrogen) atoms. The number of hydrogen-bond donors (Lipinski definition) is 0. The van der Waals surface area contributed by atoms with Crippen LogP contribution in [-0.2, 0) is 28.4 Å². The van der Waals surface area contributed by atoms with Gasteiger partial charge in [-0.15, -0.1) is 0 Å². The number of halogens is 6. The first-order valence-electron chi connectivity index (χ1n) is 49.3. The molecule has 0 N–H and O–H groups in total. The zero-order valence-corrected chi connectivity index (χ0v) is 85.7. The van der Waals surface area contributed by atoms with E-state index in [2.05, 4.69) is 187 Å². The second-order valence-corrected chi connectivity index (χ2v) is 40.6. The van der Waals surface area contributed by atoms with Crippen LogP contribution in [0.5, 0.6) is 0 Å². The van der Waals surface area contributed by atoms with Crippen molar-refractivity contribution >= 4 is 0 Å². The molecular weight excluding hydrogens is 1580 g/mol. The first kappa shape index (κ1) is 119. The van der Waals surface area contributed by atoms with E-state index < -0.39 is 23.3 Å². The molecule has 12 heteroatoms. The predicted molar refractivity (Wildman–Crippen MR) is 529 cm³/mol. The van der Waals surface area contributed by atoms with Crippen LogP contribution in [-0.4, -0.2) is 64.4 Å². The quantitative estimate of drug-likeness (QED) is 0.114. The van der Waals surface area contributed by atoms with E-state index >= 15 is 0 Å². The molecule has 720 valence electrons. The summed E-state index contributed by atoms with van der Waals surface area (Å²) in [5, 5.41) is 0. The Balaban J connectivity index is 0.000000675. The molecule has 4 heterocycles. The molecule has 8 atom stereocenters. The fraction of sp³-hybridized carbons (Fsp3) is 0.684. The maximum Gasteiger partial charge on any atom is 0.154 e. The van der Waals surface area contributed by atoms with E-state index in [-0.39, 0.29) is 35.3 Å². The van der Waals surface area contributed by atoms with E-state index in [9.17, 15) is 26.3 Å². The van der Waals surface area contributed by atoms with Gasteiger partial charge in [0.25, 0.3) is 0 Å². The van der Waals surface area contributed by atoms with Gasteiger partial charge < -0.3 is 28.4 Å². The van der Waals surface area contributed by atoms with Gasteiger partial charge in [-0.1, -0.05) is 269 Å². The van der Waals surface area contributed by atoms with Gasteiger partial charge in [-0.2, -0.15) is 0 Å². The van der Waals surface area contributed by atoms with Crippen molar-refractivity contribution in [2.75, 3.05) is 39.6 Å². The summed E-state index contributed by atoms with van der Waals surface area (Å²) in [5.41, 5.74) is 10.6. The monoisotopic (exact) mass is 1770 g/mol. The number of ether oxygens (including phenoxy) is 6. The van der Waals surface area contributed by atoms with Crippen molar-refractivity contribution in [2.24, 2.45) is 82.9 Å². The van der Waals surface area contributed by atoms with E-state index in [1.807, 2.05) is 39.8 Å². The molecule has 0 spiro atoms. The largest absolute Gasteiger partial charge is 0.378 e. The second-order valence-electron chi connectivity index (χ2n) is 40.6. The molecule has 4 aliphatic heterocycles. The summed E-state index contributed by atoms with van der Waals surface area (Å²) in [6, 6.07) is 24.2. The fourth-order valence-electron chi connectivity index (χ4n) is 14.6. The minimum atomic E-state index is -0.475. The van der Waals surface area contributed by atoms with Crippen LogP contribution < -0.4 is 0 Å². The highest BCUT2D eigenvalue weighted by Crippen LogP contribution is 2.31. The van der Waals surface area contributed by atoms with Gasteiger partial charge in [-0.05, 0) is 329 Å². The Labute approximate surface area is 770 Å². The number of aryl methyl sites for hydroxylation is 8. The van der Waals surface area contributed by atoms with E-state index in [0.717, 1.165) is 122 Å². The third-order valence-electron chi connectivity index (χ3n) is 25.2. The highest BCUT2D eigenvalue weighted by Gasteiger charge is 2.20. The molecule has 3 saturated carbocycles. The third kappa shape index (κ3) is 62.1. The molecule has 0 radical (unpaired) electrons. The number of allylic oxidation sites excluding steroid dienone is 6. The topological polar surface area (TPSA) is 55.4 Å². The molecular formula is C114H186F6O6. The molecule has 0 bridgehead atoms. The van der Waals surface area contributed by atoms with E-state index in [1.165, 1.54) is 215 Å². The smallest absolute Gasteiger partial charge is 0.154 e. The van der Waals surface area contributed by atoms with Crippen LogP contribution in [0.1, 0.15) is 348 Å². The Kier molecular flexibility index (Phi) is 64.7. The van der Waals surface area contributed by atoms with E-state index in [1.54, 1.807) is 51.0 Å². The summed E-state index contributed by atoms with van der Waals surface area (Å²) >= 11 is 0. The summed E-state index contributed by atoms with van der Waals surface area (Å²) in [5.74, 6) is 10.3. The summed E-state index contributed by atoms with van der Waals surface area (Å²) in [6.45, 7) is 67.7. The Bertz CT molecular complexity index is 3160. The molecule has 0 amide bonds. The van der Waals surface area contributed by atoms with Crippen LogP contribution in [0, 0.1) is 187 Å². The minimum Gasteiger partial charge on any atom is -0.378 e. The highest BCUT2D eigenvalue weighted by atomic mass is 19.2. The number of rotatable bonds is 0. The normalized spacial score (nSPS) is 27.4. The van der Waals surface area contributed by atoms with Crippen molar-refractivity contribution < 1.29 is 54.8 Å². The number of hydrogen-bond acceptors (Lipinski definition) is 6. The Morgan fingerprint density at radius 1 is 0.222 bits per heavy atom. The van der Waals surface area contributed by atoms with Gasteiger partial charge in [-0.25, -0.2) is 26.3 Å². The van der Waals surface area contributed by atoms with Crippen molar-refractivity contribution in [3.05, 3.63) is 211 Å². The SMILES string of the molecule is CC1=CCC(C)CC1.CC1=CCC(C)CC1.CC1C=CC(C)CC1.CC1CCC(C)CC1.CC1CCC(C)CC1.CC1CCC(C)CC1.CC1CCC(C)OC1.CC1CCC(C)OC1.CC1COC(C)OC1.CC1COC(C)OC1.Cc1cc(F)c(C)c(F)c1.Cc1cc(F)c(C)c(F)c1.Cc1ccc(C)c(F)c1.Cc1ccc(C)c(F)c1.Cc1ccc(C)cc1. The first-order valence-corrected chi connectivity index (χ1v) is 49.3. The van der Waals surface area contributed by atoms with Crippen molar-refractivity contribution in [1.82, 2.24) is 0 Å². The fourth-order valence-corrected chi connectivity index (χ4v) is 14.6. The van der Waals surface area contributed by atoms with Gasteiger partial charge in [0.15, 0.2) is 12.6 Å². The van der Waals surface area contributed by atoms with Crippen LogP contribution in [0.25, 0.3) is 0 Å². The average Bonchev–Trinajstić information content (AvgIpc) is 0.870. The summed E-state index contributed by atoms with van der Waals surface area (Å²) in [7, 11) is 0. The van der Waals surface area contributed by atoms with Crippen LogP contribution in [0.3, 0.4) is 0 Å². The summed E-state index contributed by atoms with van der Waals surface area (Å²) in [6.07, 6.45) is 44.2. The van der Waals surface area contributed by atoms with Crippen molar-refractivity contribution in [1.29, 1.82) is 0 Å². The maximum absolute atomic E-state index is 12.6. The molecule has 6 nitrogen and oxygen atoms in total. The zero-order valence-electron chi connectivity index (χ0n) is 85.7. The van der Waals surface area contributed by atoms with E-state index in [0.29, 0.717) is 46.3 Å².